The van der Waals surface area contributed by atoms with Gasteiger partial charge in [0.2, 0.25) is 0 Å². The van der Waals surface area contributed by atoms with E-state index < -0.39 is 53.9 Å². The van der Waals surface area contributed by atoms with E-state index in [1.807, 2.05) is 0 Å². The summed E-state index contributed by atoms with van der Waals surface area (Å²) in [5.41, 5.74) is -0.0877. The van der Waals surface area contributed by atoms with Gasteiger partial charge in [0.25, 0.3) is 0 Å². The van der Waals surface area contributed by atoms with Crippen LogP contribution in [-0.2, 0) is 28.9 Å². The van der Waals surface area contributed by atoms with Crippen LogP contribution in [0.1, 0.15) is 46.4 Å². The van der Waals surface area contributed by atoms with Crippen LogP contribution in [0.4, 0.5) is 0 Å². The first-order chi connectivity index (χ1) is 14.0. The topological polar surface area (TPSA) is 127 Å². The Morgan fingerprint density at radius 3 is 1.33 bits per heavy atom. The molecule has 1 aromatic carbocycles. The number of hydrogen-bond donors (Lipinski definition) is 0. The van der Waals surface area contributed by atoms with Gasteiger partial charge >= 0.3 is 176 Å². The summed E-state index contributed by atoms with van der Waals surface area (Å²) in [6.45, 7) is 0. The zero-order chi connectivity index (χ0) is 22.2. The molecule has 1 aromatic rings. The number of rotatable bonds is 5. The fraction of sp³-hybridized carbons (Fsp3) is 0.368. The Bertz CT molecular complexity index is 881. The van der Waals surface area contributed by atoms with Crippen molar-refractivity contribution in [2.75, 3.05) is 0 Å². The molecule has 11 heteroatoms. The normalized spacial score (nSPS) is 17.0. The molecule has 0 aliphatic carbocycles. The second-order valence-corrected chi connectivity index (χ2v) is 22.5. The Labute approximate surface area is 175 Å². The second kappa shape index (κ2) is 8.17. The standard InChI is InChI=1S/C16H11N2O8.3CH3.Sn/c19-11-4-5-12(20)17(11)25-15(23)9-2-1-3-10(8-9)16(24)26-18-13(21)6-7-14(18)22;;;;/h2-3,8H,4-7H2;3*1H3;. The third kappa shape index (κ3) is 4.53. The van der Waals surface area contributed by atoms with Gasteiger partial charge in [-0.15, -0.1) is 0 Å². The van der Waals surface area contributed by atoms with E-state index in [2.05, 4.69) is 14.8 Å². The molecule has 2 fully saturated rings. The molecular weight excluding hydrogens is 503 g/mol. The van der Waals surface area contributed by atoms with E-state index in [9.17, 15) is 28.8 Å². The van der Waals surface area contributed by atoms with Crippen molar-refractivity contribution in [2.24, 2.45) is 0 Å². The first-order valence-corrected chi connectivity index (χ1v) is 19.3. The Hall–Kier alpha value is -2.76. The van der Waals surface area contributed by atoms with Gasteiger partial charge in [-0.3, -0.25) is 0 Å². The van der Waals surface area contributed by atoms with Crippen LogP contribution in [-0.4, -0.2) is 64.1 Å². The molecule has 10 nitrogen and oxygen atoms in total. The molecule has 158 valence electrons. The fourth-order valence-corrected chi connectivity index (χ4v) is 6.24. The van der Waals surface area contributed by atoms with Crippen molar-refractivity contribution in [3.63, 3.8) is 0 Å². The molecule has 0 N–H and O–H groups in total. The molecule has 30 heavy (non-hydrogen) atoms. The van der Waals surface area contributed by atoms with Crippen molar-refractivity contribution < 1.29 is 38.4 Å². The van der Waals surface area contributed by atoms with E-state index in [0.717, 1.165) is 3.58 Å². The number of benzene rings is 1. The molecule has 0 aromatic heterocycles. The summed E-state index contributed by atoms with van der Waals surface area (Å²) in [7, 11) is 0. The molecule has 0 atom stereocenters. The quantitative estimate of drug-likeness (QED) is 0.408. The van der Waals surface area contributed by atoms with E-state index in [1.165, 1.54) is 6.07 Å². The van der Waals surface area contributed by atoms with Gasteiger partial charge < -0.3 is 0 Å². The molecule has 2 aliphatic rings. The molecule has 2 aliphatic heterocycles. The van der Waals surface area contributed by atoms with Crippen molar-refractivity contribution in [2.45, 2.75) is 40.5 Å². The van der Waals surface area contributed by atoms with Crippen LogP contribution in [0, 0.1) is 0 Å². The van der Waals surface area contributed by atoms with Crippen LogP contribution in [0.25, 0.3) is 0 Å². The predicted octanol–water partition coefficient (Wildman–Crippen LogP) is 0.673. The third-order valence-electron chi connectivity index (χ3n) is 4.63. The molecule has 2 heterocycles. The number of hydroxylamine groups is 4. The zero-order valence-corrected chi connectivity index (χ0v) is 19.6. The van der Waals surface area contributed by atoms with Gasteiger partial charge in [0.1, 0.15) is 0 Å². The monoisotopic (exact) mass is 524 g/mol. The number of nitrogens with zero attached hydrogens (tertiary/aromatic N) is 2. The summed E-state index contributed by atoms with van der Waals surface area (Å²) in [4.78, 5) is 88.0. The number of carbonyl (C=O) groups excluding carboxylic acids is 6. The first-order valence-electron chi connectivity index (χ1n) is 9.29. The molecule has 2 saturated heterocycles. The summed E-state index contributed by atoms with van der Waals surface area (Å²) < 4.78 is 0.767. The van der Waals surface area contributed by atoms with Gasteiger partial charge in [-0.05, 0) is 0 Å². The van der Waals surface area contributed by atoms with Crippen LogP contribution >= 0.6 is 0 Å². The maximum absolute atomic E-state index is 12.6. The van der Waals surface area contributed by atoms with Crippen LogP contribution in [0.2, 0.25) is 14.8 Å². The van der Waals surface area contributed by atoms with Crippen LogP contribution in [0.3, 0.4) is 0 Å². The van der Waals surface area contributed by atoms with Gasteiger partial charge in [-0.25, -0.2) is 0 Å². The van der Waals surface area contributed by atoms with Gasteiger partial charge in [0.05, 0.1) is 0 Å². The first kappa shape index (κ1) is 21.9. The molecular formula is C19H20N2O8Sn. The van der Waals surface area contributed by atoms with Gasteiger partial charge in [-0.1, -0.05) is 0 Å². The zero-order valence-electron chi connectivity index (χ0n) is 16.7. The Morgan fingerprint density at radius 2 is 1.03 bits per heavy atom. The Kier molecular flexibility index (Phi) is 5.97. The molecule has 3 rings (SSSR count). The van der Waals surface area contributed by atoms with Gasteiger partial charge in [0.15, 0.2) is 0 Å². The number of amides is 4. The van der Waals surface area contributed by atoms with Crippen LogP contribution in [0.15, 0.2) is 18.2 Å². The average molecular weight is 523 g/mol. The maximum atomic E-state index is 12.6. The summed E-state index contributed by atoms with van der Waals surface area (Å²) in [6, 6.07) is 4.31. The fourth-order valence-electron chi connectivity index (χ4n) is 2.88. The van der Waals surface area contributed by atoms with E-state index in [4.69, 9.17) is 9.68 Å². The van der Waals surface area contributed by atoms with Gasteiger partial charge in [0, 0.05) is 0 Å². The van der Waals surface area contributed by atoms with E-state index >= 15 is 0 Å². The minimum atomic E-state index is -2.83. The summed E-state index contributed by atoms with van der Waals surface area (Å²) >= 11 is -2.83. The molecule has 0 radical (unpaired) electrons. The second-order valence-electron chi connectivity index (χ2n) is 7.97. The minimum absolute atomic E-state index is 0.0416. The summed E-state index contributed by atoms with van der Waals surface area (Å²) in [6.07, 6.45) is -0.166. The Morgan fingerprint density at radius 1 is 0.700 bits per heavy atom. The van der Waals surface area contributed by atoms with Crippen molar-refractivity contribution in [3.05, 3.63) is 29.3 Å². The molecule has 4 amide bonds. The molecule has 0 bridgehead atoms. The van der Waals surface area contributed by atoms with Crippen molar-refractivity contribution in [3.8, 4) is 0 Å². The average Bonchev–Trinajstić information content (AvgIpc) is 3.17. The predicted molar refractivity (Wildman–Crippen MR) is 102 cm³/mol. The molecule has 0 unspecified atom stereocenters. The van der Waals surface area contributed by atoms with E-state index in [0.29, 0.717) is 10.1 Å². The van der Waals surface area contributed by atoms with Crippen molar-refractivity contribution in [1.82, 2.24) is 10.1 Å². The van der Waals surface area contributed by atoms with Crippen LogP contribution < -0.4 is 3.58 Å². The number of imide groups is 2. The van der Waals surface area contributed by atoms with Crippen molar-refractivity contribution in [1.29, 1.82) is 0 Å². The molecule has 0 saturated carbocycles. The van der Waals surface area contributed by atoms with E-state index in [1.54, 1.807) is 12.1 Å². The summed E-state index contributed by atoms with van der Waals surface area (Å²) in [5.74, 6) is -4.43. The SMILES string of the molecule is [CH3][Sn]([CH3])([CH3])[c]1cc(C(=O)ON2C(=O)CCC2=O)cc(C(=O)ON2C(=O)CCC2=O)c1. The van der Waals surface area contributed by atoms with Crippen LogP contribution in [0.5, 0.6) is 0 Å². The Balaban J connectivity index is 1.90. The summed E-state index contributed by atoms with van der Waals surface area (Å²) in [5, 5.41) is 0.851. The number of hydrogen-bond acceptors (Lipinski definition) is 8. The van der Waals surface area contributed by atoms with E-state index in [-0.39, 0.29) is 36.8 Å². The van der Waals surface area contributed by atoms with Gasteiger partial charge in [-0.2, -0.15) is 0 Å². The third-order valence-corrected chi connectivity index (χ3v) is 10.4. The molecule has 0 spiro atoms. The number of carbonyl (C=O) groups is 6. The van der Waals surface area contributed by atoms with Crippen molar-refractivity contribution >= 4 is 57.5 Å².